The molecule has 0 saturated heterocycles. The molecule has 0 spiro atoms. The molecule has 0 saturated carbocycles. The van der Waals surface area contributed by atoms with E-state index < -0.39 is 0 Å². The Hall–Kier alpha value is -1.39. The summed E-state index contributed by atoms with van der Waals surface area (Å²) in [4.78, 5) is 11.7. The summed E-state index contributed by atoms with van der Waals surface area (Å²) in [6, 6.07) is 8.45. The zero-order valence-electron chi connectivity index (χ0n) is 11.7. The zero-order valence-corrected chi connectivity index (χ0v) is 12.5. The molecule has 1 heterocycles. The molecule has 20 heavy (non-hydrogen) atoms. The maximum absolute atomic E-state index is 11.7. The van der Waals surface area contributed by atoms with Crippen molar-refractivity contribution in [3.63, 3.8) is 0 Å². The topological polar surface area (TPSA) is 55.1 Å². The highest BCUT2D eigenvalue weighted by Crippen LogP contribution is 2.26. The molecule has 2 aromatic rings. The van der Waals surface area contributed by atoms with Gasteiger partial charge >= 0.3 is 0 Å². The summed E-state index contributed by atoms with van der Waals surface area (Å²) in [6.07, 6.45) is 4.43. The summed E-state index contributed by atoms with van der Waals surface area (Å²) in [5.41, 5.74) is 6.78. The van der Waals surface area contributed by atoms with Crippen molar-refractivity contribution in [2.75, 3.05) is 13.1 Å². The van der Waals surface area contributed by atoms with E-state index in [0.717, 1.165) is 32.2 Å². The molecule has 1 aromatic heterocycles. The molecule has 108 valence electrons. The lowest BCUT2D eigenvalue weighted by atomic mass is 10.1. The van der Waals surface area contributed by atoms with Crippen molar-refractivity contribution in [1.29, 1.82) is 0 Å². The molecule has 2 rings (SSSR count). The van der Waals surface area contributed by atoms with Gasteiger partial charge in [-0.25, -0.2) is 0 Å². The van der Waals surface area contributed by atoms with Crippen molar-refractivity contribution in [1.82, 2.24) is 5.32 Å². The van der Waals surface area contributed by atoms with Gasteiger partial charge in [0.1, 0.15) is 0 Å². The van der Waals surface area contributed by atoms with Crippen LogP contribution in [0.1, 0.15) is 31.2 Å². The Kier molecular flexibility index (Phi) is 6.02. The van der Waals surface area contributed by atoms with Gasteiger partial charge in [-0.05, 0) is 54.6 Å². The van der Waals surface area contributed by atoms with Gasteiger partial charge in [-0.1, -0.05) is 18.2 Å². The smallest absolute Gasteiger partial charge is 0.220 e. The molecule has 4 heteroatoms. The van der Waals surface area contributed by atoms with Gasteiger partial charge in [0.25, 0.3) is 0 Å². The average Bonchev–Trinajstić information content (AvgIpc) is 2.87. The lowest BCUT2D eigenvalue weighted by Crippen LogP contribution is -2.24. The number of thiophene rings is 1. The molecule has 0 aliphatic heterocycles. The molecular weight excluding hydrogens is 268 g/mol. The molecule has 0 unspecified atom stereocenters. The summed E-state index contributed by atoms with van der Waals surface area (Å²) < 4.78 is 1.33. The molecule has 3 nitrogen and oxygen atoms in total. The number of carbonyl (C=O) groups is 1. The second-order valence-corrected chi connectivity index (χ2v) is 5.87. The van der Waals surface area contributed by atoms with Crippen LogP contribution in [0.25, 0.3) is 10.1 Å². The fourth-order valence-corrected chi connectivity index (χ4v) is 3.25. The van der Waals surface area contributed by atoms with Gasteiger partial charge in [0.2, 0.25) is 5.91 Å². The maximum atomic E-state index is 11.7. The molecule has 1 aromatic carbocycles. The standard InChI is InChI=1S/C16H22N2OS/c17-10-3-4-11-18-16(19)9-5-6-13-12-20-15-8-2-1-7-14(13)15/h1-2,7-8,12H,3-6,9-11,17H2,(H,18,19). The molecule has 1 amide bonds. The minimum absolute atomic E-state index is 0.154. The van der Waals surface area contributed by atoms with E-state index in [2.05, 4.69) is 35.0 Å². The Labute approximate surface area is 124 Å². The van der Waals surface area contributed by atoms with Crippen LogP contribution in [0.2, 0.25) is 0 Å². The largest absolute Gasteiger partial charge is 0.356 e. The Morgan fingerprint density at radius 2 is 2.05 bits per heavy atom. The Morgan fingerprint density at radius 3 is 2.90 bits per heavy atom. The molecule has 0 bridgehead atoms. The minimum Gasteiger partial charge on any atom is -0.356 e. The van der Waals surface area contributed by atoms with Gasteiger partial charge in [-0.2, -0.15) is 0 Å². The SMILES string of the molecule is NCCCCNC(=O)CCCc1csc2ccccc12. The first-order valence-electron chi connectivity index (χ1n) is 7.23. The van der Waals surface area contributed by atoms with Crippen molar-refractivity contribution < 1.29 is 4.79 Å². The molecular formula is C16H22N2OS. The Bertz CT molecular complexity index is 550. The van der Waals surface area contributed by atoms with Crippen LogP contribution >= 0.6 is 11.3 Å². The van der Waals surface area contributed by atoms with Gasteiger partial charge in [0, 0.05) is 17.7 Å². The van der Waals surface area contributed by atoms with Crippen molar-refractivity contribution >= 4 is 27.3 Å². The first kappa shape index (κ1) is 15.0. The number of unbranched alkanes of at least 4 members (excludes halogenated alkanes) is 1. The van der Waals surface area contributed by atoms with Crippen molar-refractivity contribution in [3.8, 4) is 0 Å². The zero-order chi connectivity index (χ0) is 14.2. The van der Waals surface area contributed by atoms with E-state index in [1.165, 1.54) is 15.6 Å². The molecule has 0 radical (unpaired) electrons. The number of hydrogen-bond acceptors (Lipinski definition) is 3. The third-order valence-corrected chi connectivity index (χ3v) is 4.38. The monoisotopic (exact) mass is 290 g/mol. The van der Waals surface area contributed by atoms with E-state index in [-0.39, 0.29) is 5.91 Å². The van der Waals surface area contributed by atoms with Crippen LogP contribution < -0.4 is 11.1 Å². The number of benzene rings is 1. The molecule has 0 fully saturated rings. The van der Waals surface area contributed by atoms with Gasteiger partial charge in [0.15, 0.2) is 0 Å². The van der Waals surface area contributed by atoms with Crippen LogP contribution in [0.4, 0.5) is 0 Å². The summed E-state index contributed by atoms with van der Waals surface area (Å²) in [5, 5.41) is 6.49. The fraction of sp³-hybridized carbons (Fsp3) is 0.438. The first-order chi connectivity index (χ1) is 9.81. The van der Waals surface area contributed by atoms with Crippen LogP contribution in [0.15, 0.2) is 29.6 Å². The van der Waals surface area contributed by atoms with E-state index >= 15 is 0 Å². The highest BCUT2D eigenvalue weighted by atomic mass is 32.1. The number of hydrogen-bond donors (Lipinski definition) is 2. The van der Waals surface area contributed by atoms with Crippen molar-refractivity contribution in [3.05, 3.63) is 35.2 Å². The van der Waals surface area contributed by atoms with Crippen LogP contribution in [0, 0.1) is 0 Å². The number of aryl methyl sites for hydroxylation is 1. The normalized spacial score (nSPS) is 10.8. The second-order valence-electron chi connectivity index (χ2n) is 4.96. The van der Waals surface area contributed by atoms with E-state index in [9.17, 15) is 4.79 Å². The van der Waals surface area contributed by atoms with Crippen molar-refractivity contribution in [2.45, 2.75) is 32.1 Å². The first-order valence-corrected chi connectivity index (χ1v) is 8.11. The number of rotatable bonds is 8. The lowest BCUT2D eigenvalue weighted by Gasteiger charge is -2.04. The molecule has 3 N–H and O–H groups in total. The third-order valence-electron chi connectivity index (χ3n) is 3.36. The van der Waals surface area contributed by atoms with Gasteiger partial charge < -0.3 is 11.1 Å². The van der Waals surface area contributed by atoms with Gasteiger partial charge in [-0.3, -0.25) is 4.79 Å². The lowest BCUT2D eigenvalue weighted by molar-refractivity contribution is -0.121. The van der Waals surface area contributed by atoms with Crippen LogP contribution in [0.5, 0.6) is 0 Å². The molecule has 0 aliphatic carbocycles. The maximum Gasteiger partial charge on any atom is 0.220 e. The van der Waals surface area contributed by atoms with Crippen LogP contribution in [0.3, 0.4) is 0 Å². The summed E-state index contributed by atoms with van der Waals surface area (Å²) in [6.45, 7) is 1.44. The van der Waals surface area contributed by atoms with Crippen LogP contribution in [-0.2, 0) is 11.2 Å². The summed E-state index contributed by atoms with van der Waals surface area (Å²) in [5.74, 6) is 0.154. The number of amides is 1. The van der Waals surface area contributed by atoms with E-state index in [0.29, 0.717) is 13.0 Å². The fourth-order valence-electron chi connectivity index (χ4n) is 2.25. The number of nitrogens with one attached hydrogen (secondary N) is 1. The van der Waals surface area contributed by atoms with Crippen LogP contribution in [-0.4, -0.2) is 19.0 Å². The predicted octanol–water partition coefficient (Wildman–Crippen LogP) is 3.08. The summed E-state index contributed by atoms with van der Waals surface area (Å²) in [7, 11) is 0. The second kappa shape index (κ2) is 8.02. The highest BCUT2D eigenvalue weighted by Gasteiger charge is 2.05. The van der Waals surface area contributed by atoms with Gasteiger partial charge in [0.05, 0.1) is 0 Å². The van der Waals surface area contributed by atoms with E-state index in [1.54, 1.807) is 11.3 Å². The predicted molar refractivity (Wildman–Crippen MR) is 86.1 cm³/mol. The summed E-state index contributed by atoms with van der Waals surface area (Å²) >= 11 is 1.78. The van der Waals surface area contributed by atoms with E-state index in [4.69, 9.17) is 5.73 Å². The minimum atomic E-state index is 0.154. The Morgan fingerprint density at radius 1 is 1.20 bits per heavy atom. The van der Waals surface area contributed by atoms with Gasteiger partial charge in [-0.15, -0.1) is 11.3 Å². The highest BCUT2D eigenvalue weighted by molar-refractivity contribution is 7.17. The molecule has 0 atom stereocenters. The number of carbonyl (C=O) groups excluding carboxylic acids is 1. The number of nitrogens with two attached hydrogens (primary N) is 1. The third kappa shape index (κ3) is 4.32. The Balaban J connectivity index is 1.71. The quantitative estimate of drug-likeness (QED) is 0.734. The average molecular weight is 290 g/mol. The number of fused-ring (bicyclic) bond motifs is 1. The van der Waals surface area contributed by atoms with E-state index in [1.807, 2.05) is 0 Å². The molecule has 0 aliphatic rings. The van der Waals surface area contributed by atoms with Crippen molar-refractivity contribution in [2.24, 2.45) is 5.73 Å².